The minimum Gasteiger partial charge on any atom is -0.454 e. The van der Waals surface area contributed by atoms with Gasteiger partial charge in [0.25, 0.3) is 0 Å². The summed E-state index contributed by atoms with van der Waals surface area (Å²) in [4.78, 5) is 0. The van der Waals surface area contributed by atoms with E-state index in [1.807, 2.05) is 41.2 Å². The topological polar surface area (TPSA) is 45.5 Å². The monoisotopic (exact) mass is 322 g/mol. The van der Waals surface area contributed by atoms with Crippen LogP contribution in [0.1, 0.15) is 0 Å². The summed E-state index contributed by atoms with van der Waals surface area (Å²) in [7, 11) is 1.69. The third-order valence-corrected chi connectivity index (χ3v) is 4.03. The van der Waals surface area contributed by atoms with Crippen molar-refractivity contribution >= 4 is 0 Å². The summed E-state index contributed by atoms with van der Waals surface area (Å²) in [5, 5.41) is 4.60. The Morgan fingerprint density at radius 1 is 1.00 bits per heavy atom. The Morgan fingerprint density at radius 2 is 1.83 bits per heavy atom. The maximum absolute atomic E-state index is 5.47. The summed E-state index contributed by atoms with van der Waals surface area (Å²) in [5.74, 6) is 1.59. The average molecular weight is 322 g/mol. The smallest absolute Gasteiger partial charge is 0.231 e. The third kappa shape index (κ3) is 2.86. The van der Waals surface area contributed by atoms with Gasteiger partial charge in [0.1, 0.15) is 0 Å². The first kappa shape index (κ1) is 14.8. The second kappa shape index (κ2) is 6.37. The van der Waals surface area contributed by atoms with E-state index in [1.165, 1.54) is 0 Å². The Morgan fingerprint density at radius 3 is 2.75 bits per heavy atom. The summed E-state index contributed by atoms with van der Waals surface area (Å²) in [6.07, 6.45) is 1.97. The molecular weight excluding hydrogens is 304 g/mol. The van der Waals surface area contributed by atoms with Crippen LogP contribution < -0.4 is 9.47 Å². The van der Waals surface area contributed by atoms with Crippen LogP contribution in [0, 0.1) is 0 Å². The van der Waals surface area contributed by atoms with Gasteiger partial charge in [0.15, 0.2) is 11.5 Å². The summed E-state index contributed by atoms with van der Waals surface area (Å²) in [6.45, 7) is 1.69. The van der Waals surface area contributed by atoms with E-state index in [2.05, 4.69) is 23.3 Å². The molecule has 0 bridgehead atoms. The fourth-order valence-electron chi connectivity index (χ4n) is 2.76. The first-order valence-corrected chi connectivity index (χ1v) is 7.86. The molecule has 0 radical (unpaired) electrons. The predicted molar refractivity (Wildman–Crippen MR) is 91.1 cm³/mol. The largest absolute Gasteiger partial charge is 0.454 e. The van der Waals surface area contributed by atoms with Crippen molar-refractivity contribution in [1.82, 2.24) is 9.78 Å². The van der Waals surface area contributed by atoms with Crippen molar-refractivity contribution in [2.24, 2.45) is 0 Å². The van der Waals surface area contributed by atoms with Crippen LogP contribution in [0.5, 0.6) is 11.5 Å². The molecule has 0 atom stereocenters. The minimum atomic E-state index is 0.289. The van der Waals surface area contributed by atoms with Gasteiger partial charge in [-0.1, -0.05) is 24.3 Å². The molecule has 0 unspecified atom stereocenters. The van der Waals surface area contributed by atoms with E-state index in [4.69, 9.17) is 14.2 Å². The van der Waals surface area contributed by atoms with Crippen LogP contribution in [0.2, 0.25) is 0 Å². The van der Waals surface area contributed by atoms with Crippen LogP contribution in [0.25, 0.3) is 22.4 Å². The first-order chi connectivity index (χ1) is 11.8. The fraction of sp³-hybridized carbons (Fsp3) is 0.211. The standard InChI is InChI=1S/C19H18N2O3/c1-22-10-9-21-8-7-17(20-21)16-4-2-3-14(11-16)15-5-6-18-19(12-15)24-13-23-18/h2-8,11-12H,9-10,13H2,1H3. The SMILES string of the molecule is COCCn1ccc(-c2cccc(-c3ccc4c(c3)OCO4)c2)n1. The molecule has 5 nitrogen and oxygen atoms in total. The highest BCUT2D eigenvalue weighted by atomic mass is 16.7. The highest BCUT2D eigenvalue weighted by Gasteiger charge is 2.14. The second-order valence-electron chi connectivity index (χ2n) is 5.61. The molecule has 0 saturated carbocycles. The van der Waals surface area contributed by atoms with Crippen LogP contribution in [-0.4, -0.2) is 30.3 Å². The summed E-state index contributed by atoms with van der Waals surface area (Å²) < 4.78 is 17.8. The maximum atomic E-state index is 5.47. The Balaban J connectivity index is 1.63. The first-order valence-electron chi connectivity index (χ1n) is 7.86. The van der Waals surface area contributed by atoms with Crippen LogP contribution in [-0.2, 0) is 11.3 Å². The number of methoxy groups -OCH3 is 1. The van der Waals surface area contributed by atoms with Crippen LogP contribution in [0.15, 0.2) is 54.7 Å². The molecule has 1 aliphatic heterocycles. The number of benzene rings is 2. The van der Waals surface area contributed by atoms with E-state index >= 15 is 0 Å². The Hall–Kier alpha value is -2.79. The van der Waals surface area contributed by atoms with Gasteiger partial charge in [-0.3, -0.25) is 4.68 Å². The number of fused-ring (bicyclic) bond motifs is 1. The van der Waals surface area contributed by atoms with E-state index in [9.17, 15) is 0 Å². The van der Waals surface area contributed by atoms with E-state index < -0.39 is 0 Å². The number of aromatic nitrogens is 2. The van der Waals surface area contributed by atoms with E-state index in [-0.39, 0.29) is 6.79 Å². The van der Waals surface area contributed by atoms with E-state index in [0.717, 1.165) is 40.4 Å². The lowest BCUT2D eigenvalue weighted by Gasteiger charge is -2.06. The Kier molecular flexibility index (Phi) is 3.92. The molecular formula is C19H18N2O3. The second-order valence-corrected chi connectivity index (χ2v) is 5.61. The fourth-order valence-corrected chi connectivity index (χ4v) is 2.76. The van der Waals surface area contributed by atoms with Gasteiger partial charge in [-0.25, -0.2) is 0 Å². The molecule has 122 valence electrons. The maximum Gasteiger partial charge on any atom is 0.231 e. The molecule has 0 fully saturated rings. The van der Waals surface area contributed by atoms with Crippen molar-refractivity contribution < 1.29 is 14.2 Å². The van der Waals surface area contributed by atoms with Crippen molar-refractivity contribution in [3.63, 3.8) is 0 Å². The molecule has 3 aromatic rings. The molecule has 0 amide bonds. The molecule has 0 aliphatic carbocycles. The molecule has 0 N–H and O–H groups in total. The molecule has 24 heavy (non-hydrogen) atoms. The number of ether oxygens (including phenoxy) is 3. The zero-order valence-electron chi connectivity index (χ0n) is 13.4. The highest BCUT2D eigenvalue weighted by Crippen LogP contribution is 2.36. The summed E-state index contributed by atoms with van der Waals surface area (Å²) in [6, 6.07) is 16.4. The minimum absolute atomic E-state index is 0.289. The van der Waals surface area contributed by atoms with Gasteiger partial charge in [-0.15, -0.1) is 0 Å². The zero-order valence-corrected chi connectivity index (χ0v) is 13.4. The average Bonchev–Trinajstić information content (AvgIpc) is 3.28. The van der Waals surface area contributed by atoms with Crippen molar-refractivity contribution in [2.75, 3.05) is 20.5 Å². The van der Waals surface area contributed by atoms with Gasteiger partial charge < -0.3 is 14.2 Å². The lowest BCUT2D eigenvalue weighted by atomic mass is 10.0. The lowest BCUT2D eigenvalue weighted by molar-refractivity contribution is 0.174. The van der Waals surface area contributed by atoms with Gasteiger partial charge >= 0.3 is 0 Å². The number of hydrogen-bond donors (Lipinski definition) is 0. The molecule has 5 heteroatoms. The molecule has 1 aromatic heterocycles. The normalized spacial score (nSPS) is 12.5. The molecule has 2 aromatic carbocycles. The lowest BCUT2D eigenvalue weighted by Crippen LogP contribution is -2.04. The van der Waals surface area contributed by atoms with E-state index in [1.54, 1.807) is 7.11 Å². The molecule has 0 spiro atoms. The van der Waals surface area contributed by atoms with Crippen molar-refractivity contribution in [3.05, 3.63) is 54.7 Å². The number of rotatable bonds is 5. The van der Waals surface area contributed by atoms with Crippen LogP contribution in [0.3, 0.4) is 0 Å². The van der Waals surface area contributed by atoms with Gasteiger partial charge in [-0.05, 0) is 35.4 Å². The predicted octanol–water partition coefficient (Wildman–Crippen LogP) is 3.59. The van der Waals surface area contributed by atoms with Crippen molar-refractivity contribution in [2.45, 2.75) is 6.54 Å². The number of hydrogen-bond acceptors (Lipinski definition) is 4. The molecule has 1 aliphatic rings. The Labute approximate surface area is 140 Å². The highest BCUT2D eigenvalue weighted by molar-refractivity contribution is 5.73. The summed E-state index contributed by atoms with van der Waals surface area (Å²) >= 11 is 0. The third-order valence-electron chi connectivity index (χ3n) is 4.03. The molecule has 4 rings (SSSR count). The van der Waals surface area contributed by atoms with E-state index in [0.29, 0.717) is 6.61 Å². The van der Waals surface area contributed by atoms with Crippen molar-refractivity contribution in [1.29, 1.82) is 0 Å². The zero-order chi connectivity index (χ0) is 16.4. The number of nitrogens with zero attached hydrogens (tertiary/aromatic N) is 2. The summed E-state index contributed by atoms with van der Waals surface area (Å²) in [5.41, 5.74) is 4.26. The van der Waals surface area contributed by atoms with Gasteiger partial charge in [0.2, 0.25) is 6.79 Å². The Bertz CT molecular complexity index is 857. The molecule has 2 heterocycles. The van der Waals surface area contributed by atoms with Gasteiger partial charge in [-0.2, -0.15) is 5.10 Å². The van der Waals surface area contributed by atoms with Crippen molar-refractivity contribution in [3.8, 4) is 33.9 Å². The van der Waals surface area contributed by atoms with Gasteiger partial charge in [0, 0.05) is 18.9 Å². The van der Waals surface area contributed by atoms with Crippen LogP contribution >= 0.6 is 0 Å². The van der Waals surface area contributed by atoms with Crippen LogP contribution in [0.4, 0.5) is 0 Å². The quantitative estimate of drug-likeness (QED) is 0.720. The van der Waals surface area contributed by atoms with Gasteiger partial charge in [0.05, 0.1) is 18.8 Å². The molecule has 0 saturated heterocycles.